The Morgan fingerprint density at radius 3 is 2.48 bits per heavy atom. The molecule has 2 saturated heterocycles. The molecular formula is C36H49N5O5. The van der Waals surface area contributed by atoms with E-state index >= 15 is 0 Å². The fourth-order valence-electron chi connectivity index (χ4n) is 7.25. The van der Waals surface area contributed by atoms with Crippen molar-refractivity contribution in [2.45, 2.75) is 69.6 Å². The first-order chi connectivity index (χ1) is 22.1. The third-order valence-electron chi connectivity index (χ3n) is 10.1. The Hall–Kier alpha value is -3.47. The summed E-state index contributed by atoms with van der Waals surface area (Å²) in [7, 11) is 3.78. The van der Waals surface area contributed by atoms with Crippen LogP contribution in [-0.2, 0) is 24.7 Å². The van der Waals surface area contributed by atoms with Crippen molar-refractivity contribution in [2.75, 3.05) is 63.3 Å². The molecule has 2 unspecified atom stereocenters. The lowest BCUT2D eigenvalue weighted by Gasteiger charge is -2.43. The molecule has 1 saturated carbocycles. The van der Waals surface area contributed by atoms with Gasteiger partial charge in [0, 0.05) is 58.2 Å². The highest BCUT2D eigenvalue weighted by molar-refractivity contribution is 6.04. The molecule has 6 rings (SSSR count). The van der Waals surface area contributed by atoms with Crippen molar-refractivity contribution in [1.29, 1.82) is 0 Å². The van der Waals surface area contributed by atoms with E-state index in [4.69, 9.17) is 9.47 Å². The molecule has 0 radical (unpaired) electrons. The zero-order valence-corrected chi connectivity index (χ0v) is 27.7. The lowest BCUT2D eigenvalue weighted by molar-refractivity contribution is -0.133. The molecule has 2 N–H and O–H groups in total. The molecule has 1 aliphatic carbocycles. The maximum atomic E-state index is 14.3. The van der Waals surface area contributed by atoms with Crippen molar-refractivity contribution in [1.82, 2.24) is 15.5 Å². The van der Waals surface area contributed by atoms with Gasteiger partial charge in [-0.25, -0.2) is 0 Å². The monoisotopic (exact) mass is 631 g/mol. The standard InChI is InChI=1S/C36H49N5O5/c1-35(2)34(44)40(17-8-20-45-4)30-22-29(13-14-31(30)46-35)41(28-11-12-28)33(43)26-21-25(23-37-24-26)32(42)38-36(15-18-39(3)19-16-36)27-9-6-5-7-10-27/h5-7,9-10,13-14,22,25-26,28,37H,8,11-12,15-21,23-24H2,1-4H3,(H,38,42). The van der Waals surface area contributed by atoms with E-state index in [9.17, 15) is 14.4 Å². The molecule has 3 amide bonds. The SMILES string of the molecule is COCCCN1C(=O)C(C)(C)Oc2ccc(N(C(=O)C3CNCC(C(=O)NC4(c5ccccc5)CCN(C)CC4)C3)C3CC3)cc21. The van der Waals surface area contributed by atoms with Gasteiger partial charge in [-0.2, -0.15) is 0 Å². The van der Waals surface area contributed by atoms with Crippen molar-refractivity contribution in [3.8, 4) is 5.75 Å². The normalized spacial score (nSPS) is 24.1. The number of piperidine rings is 2. The maximum Gasteiger partial charge on any atom is 0.270 e. The number of anilines is 2. The summed E-state index contributed by atoms with van der Waals surface area (Å²) < 4.78 is 11.4. The average molecular weight is 632 g/mol. The van der Waals surface area contributed by atoms with E-state index in [-0.39, 0.29) is 35.6 Å². The number of nitrogens with zero attached hydrogens (tertiary/aromatic N) is 3. The molecule has 248 valence electrons. The van der Waals surface area contributed by atoms with Crippen LogP contribution in [0.2, 0.25) is 0 Å². The molecule has 10 heteroatoms. The number of hydrogen-bond donors (Lipinski definition) is 2. The first kappa shape index (κ1) is 32.5. The molecule has 0 bridgehead atoms. The lowest BCUT2D eigenvalue weighted by atomic mass is 9.79. The summed E-state index contributed by atoms with van der Waals surface area (Å²) in [6.07, 6.45) is 4.74. The third-order valence-corrected chi connectivity index (χ3v) is 10.1. The van der Waals surface area contributed by atoms with Crippen LogP contribution in [0.25, 0.3) is 0 Å². The molecule has 2 atom stereocenters. The Morgan fingerprint density at radius 2 is 1.78 bits per heavy atom. The summed E-state index contributed by atoms with van der Waals surface area (Å²) in [6, 6.07) is 16.1. The van der Waals surface area contributed by atoms with Crippen LogP contribution in [0, 0.1) is 11.8 Å². The molecule has 0 aromatic heterocycles. The molecular weight excluding hydrogens is 582 g/mol. The van der Waals surface area contributed by atoms with Gasteiger partial charge in [0.1, 0.15) is 5.75 Å². The van der Waals surface area contributed by atoms with Gasteiger partial charge in [-0.3, -0.25) is 14.4 Å². The fraction of sp³-hybridized carbons (Fsp3) is 0.583. The molecule has 0 spiro atoms. The highest BCUT2D eigenvalue weighted by Crippen LogP contribution is 2.43. The van der Waals surface area contributed by atoms with Crippen LogP contribution in [-0.4, -0.2) is 87.8 Å². The Labute approximate surface area is 272 Å². The van der Waals surface area contributed by atoms with Gasteiger partial charge in [0.15, 0.2) is 5.60 Å². The molecule has 3 heterocycles. The summed E-state index contributed by atoms with van der Waals surface area (Å²) in [5.74, 6) is -0.0843. The zero-order chi connectivity index (χ0) is 32.5. The number of methoxy groups -OCH3 is 1. The first-order valence-corrected chi connectivity index (χ1v) is 16.9. The van der Waals surface area contributed by atoms with Gasteiger partial charge < -0.3 is 34.8 Å². The Bertz CT molecular complexity index is 1420. The smallest absolute Gasteiger partial charge is 0.270 e. The molecule has 2 aromatic carbocycles. The quantitative estimate of drug-likeness (QED) is 0.386. The Morgan fingerprint density at radius 1 is 1.07 bits per heavy atom. The molecule has 4 aliphatic rings. The summed E-state index contributed by atoms with van der Waals surface area (Å²) in [5.41, 5.74) is 1.19. The number of rotatable bonds is 10. The number of hydrogen-bond acceptors (Lipinski definition) is 7. The second-order valence-electron chi connectivity index (χ2n) is 14.0. The van der Waals surface area contributed by atoms with Crippen molar-refractivity contribution in [3.63, 3.8) is 0 Å². The van der Waals surface area contributed by atoms with Crippen molar-refractivity contribution < 1.29 is 23.9 Å². The summed E-state index contributed by atoms with van der Waals surface area (Å²) in [6.45, 7) is 7.51. The number of amides is 3. The van der Waals surface area contributed by atoms with Crippen LogP contribution >= 0.6 is 0 Å². The van der Waals surface area contributed by atoms with Crippen LogP contribution < -0.4 is 25.2 Å². The Kier molecular flexibility index (Phi) is 9.41. The molecule has 3 fully saturated rings. The summed E-state index contributed by atoms with van der Waals surface area (Å²) in [5, 5.41) is 6.88. The molecule has 3 aliphatic heterocycles. The minimum atomic E-state index is -0.983. The van der Waals surface area contributed by atoms with E-state index in [0.717, 1.165) is 50.0 Å². The van der Waals surface area contributed by atoms with E-state index in [1.807, 2.05) is 41.3 Å². The van der Waals surface area contributed by atoms with E-state index in [0.29, 0.717) is 50.5 Å². The second kappa shape index (κ2) is 13.3. The Balaban J connectivity index is 1.20. The van der Waals surface area contributed by atoms with Crippen molar-refractivity contribution >= 4 is 29.1 Å². The van der Waals surface area contributed by atoms with Crippen LogP contribution in [0.1, 0.15) is 57.9 Å². The number of nitrogens with one attached hydrogen (secondary N) is 2. The number of carbonyl (C=O) groups is 3. The minimum absolute atomic E-state index is 0.00938. The predicted octanol–water partition coefficient (Wildman–Crippen LogP) is 3.69. The number of benzene rings is 2. The van der Waals surface area contributed by atoms with Crippen LogP contribution in [0.15, 0.2) is 48.5 Å². The maximum absolute atomic E-state index is 14.3. The van der Waals surface area contributed by atoms with Crippen LogP contribution in [0.4, 0.5) is 11.4 Å². The first-order valence-electron chi connectivity index (χ1n) is 16.9. The number of fused-ring (bicyclic) bond motifs is 1. The van der Waals surface area contributed by atoms with Crippen molar-refractivity contribution in [2.24, 2.45) is 11.8 Å². The van der Waals surface area contributed by atoms with Gasteiger partial charge in [-0.15, -0.1) is 0 Å². The van der Waals surface area contributed by atoms with Gasteiger partial charge in [-0.05, 0) is 83.2 Å². The van der Waals surface area contributed by atoms with Gasteiger partial charge in [0.25, 0.3) is 5.91 Å². The molecule has 2 aromatic rings. The highest BCUT2D eigenvalue weighted by Gasteiger charge is 2.44. The summed E-state index contributed by atoms with van der Waals surface area (Å²) in [4.78, 5) is 47.6. The van der Waals surface area contributed by atoms with Gasteiger partial charge in [0.2, 0.25) is 11.8 Å². The summed E-state index contributed by atoms with van der Waals surface area (Å²) >= 11 is 0. The highest BCUT2D eigenvalue weighted by atomic mass is 16.5. The second-order valence-corrected chi connectivity index (χ2v) is 14.0. The van der Waals surface area contributed by atoms with E-state index in [1.165, 1.54) is 0 Å². The lowest BCUT2D eigenvalue weighted by Crippen LogP contribution is -2.56. The zero-order valence-electron chi connectivity index (χ0n) is 27.7. The van der Waals surface area contributed by atoms with E-state index in [1.54, 1.807) is 25.9 Å². The van der Waals surface area contributed by atoms with Crippen LogP contribution in [0.5, 0.6) is 5.75 Å². The molecule has 46 heavy (non-hydrogen) atoms. The largest absolute Gasteiger partial charge is 0.476 e. The third kappa shape index (κ3) is 6.66. The van der Waals surface area contributed by atoms with E-state index < -0.39 is 11.1 Å². The predicted molar refractivity (Wildman–Crippen MR) is 178 cm³/mol. The van der Waals surface area contributed by atoms with E-state index in [2.05, 4.69) is 34.7 Å². The number of likely N-dealkylation sites (tertiary alicyclic amines) is 1. The topological polar surface area (TPSA) is 103 Å². The van der Waals surface area contributed by atoms with Gasteiger partial charge >= 0.3 is 0 Å². The minimum Gasteiger partial charge on any atom is -0.476 e. The number of ether oxygens (including phenoxy) is 2. The fourth-order valence-corrected chi connectivity index (χ4v) is 7.25. The number of carbonyl (C=O) groups excluding carboxylic acids is 3. The van der Waals surface area contributed by atoms with Gasteiger partial charge in [-0.1, -0.05) is 30.3 Å². The van der Waals surface area contributed by atoms with Crippen molar-refractivity contribution in [3.05, 3.63) is 54.1 Å². The average Bonchev–Trinajstić information content (AvgIpc) is 3.90. The van der Waals surface area contributed by atoms with Crippen LogP contribution in [0.3, 0.4) is 0 Å². The van der Waals surface area contributed by atoms with Gasteiger partial charge in [0.05, 0.1) is 23.1 Å². The molecule has 10 nitrogen and oxygen atoms in total.